The molecule has 4 heterocycles. The monoisotopic (exact) mass is 635 g/mol. The Hall–Kier alpha value is -3.94. The first-order chi connectivity index (χ1) is 21.4. The number of aromatic nitrogens is 3. The van der Waals surface area contributed by atoms with Gasteiger partial charge in [-0.2, -0.15) is 0 Å². The van der Waals surface area contributed by atoms with E-state index in [2.05, 4.69) is 31.2 Å². The summed E-state index contributed by atoms with van der Waals surface area (Å²) >= 11 is 8.25. The molecule has 1 aliphatic rings. The number of nitrogens with zero attached hydrogens (tertiary/aromatic N) is 3. The van der Waals surface area contributed by atoms with E-state index in [9.17, 15) is 9.59 Å². The van der Waals surface area contributed by atoms with Gasteiger partial charge in [0.25, 0.3) is 5.91 Å². The molecular weight excluding hydrogens is 602 g/mol. The van der Waals surface area contributed by atoms with Gasteiger partial charge in [0.15, 0.2) is 5.01 Å². The van der Waals surface area contributed by atoms with Crippen LogP contribution in [-0.2, 0) is 17.9 Å². The van der Waals surface area contributed by atoms with Crippen LogP contribution in [0.1, 0.15) is 38.6 Å². The van der Waals surface area contributed by atoms with Crippen LogP contribution >= 0.6 is 22.9 Å². The number of anilines is 1. The molecule has 1 aromatic carbocycles. The molecule has 0 aliphatic carbocycles. The normalized spacial score (nSPS) is 14.5. The van der Waals surface area contributed by atoms with Crippen LogP contribution < -0.4 is 26.0 Å². The quantitative estimate of drug-likeness (QED) is 0.138. The highest BCUT2D eigenvalue weighted by Gasteiger charge is 2.21. The van der Waals surface area contributed by atoms with Crippen LogP contribution in [0.15, 0.2) is 48.8 Å². The zero-order chi connectivity index (χ0) is 31.1. The summed E-state index contributed by atoms with van der Waals surface area (Å²) in [5.74, 6) is 0.264. The van der Waals surface area contributed by atoms with Crippen LogP contribution in [0.3, 0.4) is 0 Å². The molecule has 2 amide bonds. The van der Waals surface area contributed by atoms with Crippen molar-refractivity contribution in [3.63, 3.8) is 0 Å². The highest BCUT2D eigenvalue weighted by molar-refractivity contribution is 7.13. The Morgan fingerprint density at radius 1 is 1.16 bits per heavy atom. The maximum atomic E-state index is 13.0. The number of aliphatic hydroxyl groups excluding tert-OH is 1. The van der Waals surface area contributed by atoms with E-state index in [4.69, 9.17) is 26.4 Å². The van der Waals surface area contributed by atoms with Crippen LogP contribution in [0.4, 0.5) is 5.69 Å². The van der Waals surface area contributed by atoms with Gasteiger partial charge in [0, 0.05) is 78.3 Å². The first kappa shape index (κ1) is 31.5. The molecule has 3 aromatic heterocycles. The zero-order valence-electron chi connectivity index (χ0n) is 24.4. The van der Waals surface area contributed by atoms with Crippen molar-refractivity contribution in [2.45, 2.75) is 38.9 Å². The Labute approximate surface area is 264 Å². The summed E-state index contributed by atoms with van der Waals surface area (Å²) in [5, 5.41) is 22.1. The van der Waals surface area contributed by atoms with Gasteiger partial charge < -0.3 is 31.1 Å². The van der Waals surface area contributed by atoms with Crippen LogP contribution in [0, 0.1) is 6.92 Å². The van der Waals surface area contributed by atoms with Gasteiger partial charge in [-0.1, -0.05) is 29.8 Å². The smallest absolute Gasteiger partial charge is 0.284 e. The van der Waals surface area contributed by atoms with Gasteiger partial charge in [0.05, 0.1) is 30.1 Å². The fraction of sp³-hybridized carbons (Fsp3) is 0.323. The highest BCUT2D eigenvalue weighted by Crippen LogP contribution is 2.38. The molecular formula is C31H34ClN7O4S. The average molecular weight is 636 g/mol. The third kappa shape index (κ3) is 7.40. The lowest BCUT2D eigenvalue weighted by Gasteiger charge is -2.15. The van der Waals surface area contributed by atoms with E-state index in [0.29, 0.717) is 71.1 Å². The van der Waals surface area contributed by atoms with E-state index in [0.717, 1.165) is 28.0 Å². The van der Waals surface area contributed by atoms with Gasteiger partial charge in [-0.3, -0.25) is 14.6 Å². The third-order valence-corrected chi connectivity index (χ3v) is 8.64. The lowest BCUT2D eigenvalue weighted by Crippen LogP contribution is -2.35. The van der Waals surface area contributed by atoms with Gasteiger partial charge in [-0.25, -0.2) is 9.97 Å². The van der Waals surface area contributed by atoms with Crippen molar-refractivity contribution in [1.82, 2.24) is 30.9 Å². The number of rotatable bonds is 13. The highest BCUT2D eigenvalue weighted by atomic mass is 35.5. The zero-order valence-corrected chi connectivity index (χ0v) is 26.0. The van der Waals surface area contributed by atoms with Gasteiger partial charge >= 0.3 is 0 Å². The fourth-order valence-electron chi connectivity index (χ4n) is 4.96. The minimum atomic E-state index is -0.310. The number of hydrogen-bond donors (Lipinski definition) is 5. The Morgan fingerprint density at radius 2 is 2.02 bits per heavy atom. The molecule has 5 rings (SSSR count). The molecule has 5 N–H and O–H groups in total. The number of methoxy groups -OCH3 is 1. The number of benzene rings is 1. The summed E-state index contributed by atoms with van der Waals surface area (Å²) in [6, 6.07) is 11.4. The predicted octanol–water partition coefficient (Wildman–Crippen LogP) is 3.94. The van der Waals surface area contributed by atoms with Gasteiger partial charge in [-0.05, 0) is 37.1 Å². The van der Waals surface area contributed by atoms with E-state index in [1.165, 1.54) is 11.3 Å². The summed E-state index contributed by atoms with van der Waals surface area (Å²) < 4.78 is 5.60. The number of ether oxygens (including phenoxy) is 1. The van der Waals surface area contributed by atoms with E-state index in [1.807, 2.05) is 43.3 Å². The first-order valence-electron chi connectivity index (χ1n) is 14.2. The third-order valence-electron chi connectivity index (χ3n) is 7.26. The van der Waals surface area contributed by atoms with Crippen molar-refractivity contribution in [2.24, 2.45) is 0 Å². The fourth-order valence-corrected chi connectivity index (χ4v) is 6.05. The molecule has 0 spiro atoms. The van der Waals surface area contributed by atoms with E-state index in [1.54, 1.807) is 19.5 Å². The second-order valence-corrected chi connectivity index (χ2v) is 11.8. The Kier molecular flexibility index (Phi) is 10.5. The van der Waals surface area contributed by atoms with E-state index in [-0.39, 0.29) is 24.5 Å². The topological polar surface area (TPSA) is 150 Å². The SMILES string of the molecule is COc1nc(-c2ccnc(-c3cccc(NC(=O)c4ncc(CNCCO)s4)c3C)c2Cl)ccc1CNC[C@H]1CCC(=O)N1. The van der Waals surface area contributed by atoms with Crippen LogP contribution in [0.25, 0.3) is 22.5 Å². The number of pyridine rings is 2. The largest absolute Gasteiger partial charge is 0.481 e. The summed E-state index contributed by atoms with van der Waals surface area (Å²) in [6.45, 7) is 4.16. The molecule has 11 nitrogen and oxygen atoms in total. The number of carbonyl (C=O) groups is 2. The average Bonchev–Trinajstić information content (AvgIpc) is 3.68. The summed E-state index contributed by atoms with van der Waals surface area (Å²) in [4.78, 5) is 38.9. The molecule has 0 radical (unpaired) electrons. The second kappa shape index (κ2) is 14.7. The Bertz CT molecular complexity index is 1650. The van der Waals surface area contributed by atoms with Crippen molar-refractivity contribution >= 4 is 40.4 Å². The van der Waals surface area contributed by atoms with Crippen molar-refractivity contribution < 1.29 is 19.4 Å². The minimum absolute atomic E-state index is 0.0440. The summed E-state index contributed by atoms with van der Waals surface area (Å²) in [7, 11) is 1.58. The number of thiazole rings is 1. The van der Waals surface area contributed by atoms with Crippen LogP contribution in [-0.4, -0.2) is 64.7 Å². The maximum Gasteiger partial charge on any atom is 0.284 e. The summed E-state index contributed by atoms with van der Waals surface area (Å²) in [6.07, 6.45) is 4.74. The molecule has 0 unspecified atom stereocenters. The number of halogens is 1. The lowest BCUT2D eigenvalue weighted by atomic mass is 10.0. The van der Waals surface area contributed by atoms with Crippen molar-refractivity contribution in [2.75, 3.05) is 32.1 Å². The molecule has 1 fully saturated rings. The standard InChI is InChI=1S/C31H34ClN7O4S/c1-18-22(4-3-5-24(18)38-29(42)31-36-17-21(44-31)16-33-12-13-40)28-27(32)23(10-11-35-28)25-8-6-19(30(39-25)43-2)14-34-15-20-7-9-26(41)37-20/h3-6,8,10-11,17,20,33-34,40H,7,9,12-16H2,1-2H3,(H,37,41)(H,38,42)/t20-/m1/s1. The molecule has 4 aromatic rings. The number of carbonyl (C=O) groups excluding carboxylic acids is 2. The van der Waals surface area contributed by atoms with Gasteiger partial charge in [-0.15, -0.1) is 11.3 Å². The Balaban J connectivity index is 1.32. The van der Waals surface area contributed by atoms with Crippen LogP contribution in [0.5, 0.6) is 5.88 Å². The van der Waals surface area contributed by atoms with Crippen molar-refractivity contribution in [3.8, 4) is 28.4 Å². The van der Waals surface area contributed by atoms with Crippen molar-refractivity contribution in [1.29, 1.82) is 0 Å². The van der Waals surface area contributed by atoms with Gasteiger partial charge in [0.1, 0.15) is 0 Å². The minimum Gasteiger partial charge on any atom is -0.481 e. The first-order valence-corrected chi connectivity index (χ1v) is 15.4. The van der Waals surface area contributed by atoms with Crippen LogP contribution in [0.2, 0.25) is 5.02 Å². The second-order valence-electron chi connectivity index (χ2n) is 10.3. The summed E-state index contributed by atoms with van der Waals surface area (Å²) in [5.41, 5.74) is 4.99. The predicted molar refractivity (Wildman–Crippen MR) is 171 cm³/mol. The number of amides is 2. The number of hydrogen-bond acceptors (Lipinski definition) is 10. The molecule has 0 bridgehead atoms. The van der Waals surface area contributed by atoms with E-state index >= 15 is 0 Å². The molecule has 1 saturated heterocycles. The number of aliphatic hydroxyl groups is 1. The molecule has 230 valence electrons. The molecule has 44 heavy (non-hydrogen) atoms. The van der Waals surface area contributed by atoms with E-state index < -0.39 is 0 Å². The molecule has 0 saturated carbocycles. The maximum absolute atomic E-state index is 13.0. The lowest BCUT2D eigenvalue weighted by molar-refractivity contribution is -0.119. The molecule has 13 heteroatoms. The molecule has 1 aliphatic heterocycles. The molecule has 1 atom stereocenters. The number of nitrogens with one attached hydrogen (secondary N) is 4. The van der Waals surface area contributed by atoms with Gasteiger partial charge in [0.2, 0.25) is 11.8 Å². The Morgan fingerprint density at radius 3 is 2.80 bits per heavy atom. The van der Waals surface area contributed by atoms with Crippen molar-refractivity contribution in [3.05, 3.63) is 74.8 Å².